The second-order valence-electron chi connectivity index (χ2n) is 13.1. The lowest BCUT2D eigenvalue weighted by Gasteiger charge is -2.42. The minimum Gasteiger partial charge on any atom is -0.424 e. The van der Waals surface area contributed by atoms with Crippen LogP contribution in [0.25, 0.3) is 16.5 Å². The van der Waals surface area contributed by atoms with E-state index < -0.39 is 8.32 Å². The molecule has 2 radical (unpaired) electrons. The van der Waals surface area contributed by atoms with Gasteiger partial charge in [-0.15, -0.1) is 0 Å². The first-order chi connectivity index (χ1) is 20.6. The van der Waals surface area contributed by atoms with Gasteiger partial charge in [-0.05, 0) is 76.5 Å². The normalized spacial score (nSPS) is 19.5. The second kappa shape index (κ2) is 11.6. The number of amides is 1. The van der Waals surface area contributed by atoms with Gasteiger partial charge in [-0.1, -0.05) is 99.6 Å². The first kappa shape index (κ1) is 29.7. The molecule has 7 heteroatoms. The summed E-state index contributed by atoms with van der Waals surface area (Å²) in [5.41, 5.74) is 5.40. The van der Waals surface area contributed by atoms with E-state index in [2.05, 4.69) is 91.6 Å². The van der Waals surface area contributed by atoms with Crippen molar-refractivity contribution in [1.82, 2.24) is 15.2 Å². The summed E-state index contributed by atoms with van der Waals surface area (Å²) >= 11 is 0. The molecule has 6 rings (SSSR count). The molecule has 0 bridgehead atoms. The Hall–Kier alpha value is -3.39. The Morgan fingerprint density at radius 3 is 2.35 bits per heavy atom. The first-order valence-corrected chi connectivity index (χ1v) is 17.5. The molecule has 1 aliphatic heterocycles. The predicted octanol–water partition coefficient (Wildman–Crippen LogP) is 4.04. The van der Waals surface area contributed by atoms with Crippen molar-refractivity contribution in [2.45, 2.75) is 63.6 Å². The number of likely N-dealkylation sites (N-methyl/N-ethyl adjacent to an activating group) is 1. The van der Waals surface area contributed by atoms with Crippen LogP contribution < -0.4 is 21.3 Å². The molecular formula is C36H42BN3O2Si. The van der Waals surface area contributed by atoms with Crippen LogP contribution in [0, 0.1) is 5.92 Å². The SMILES string of the molecule is [B]c1[nH]c2cccc3c2c1C[C@@H]1C3=C[C@@H](C(=O)N[C@@H](CC)CCC(C)(C)[Si](O)(c2ccccc2)c2ccccc2)CN1C. The van der Waals surface area contributed by atoms with Gasteiger partial charge in [0.05, 0.1) is 5.92 Å². The quantitative estimate of drug-likeness (QED) is 0.259. The number of fused-ring (bicyclic) bond motifs is 2. The topological polar surface area (TPSA) is 68.4 Å². The number of aromatic amines is 1. The Morgan fingerprint density at radius 1 is 1.07 bits per heavy atom. The van der Waals surface area contributed by atoms with Crippen LogP contribution in [-0.2, 0) is 11.2 Å². The molecule has 0 fully saturated rings. The van der Waals surface area contributed by atoms with Crippen molar-refractivity contribution in [2.75, 3.05) is 13.6 Å². The largest absolute Gasteiger partial charge is 0.424 e. The number of nitrogens with one attached hydrogen (secondary N) is 2. The molecule has 1 aromatic heterocycles. The molecule has 220 valence electrons. The lowest BCUT2D eigenvalue weighted by molar-refractivity contribution is -0.125. The number of nitrogens with zero attached hydrogens (tertiary/aromatic N) is 1. The van der Waals surface area contributed by atoms with Gasteiger partial charge in [0.1, 0.15) is 7.85 Å². The number of carbonyl (C=O) groups excluding carboxylic acids is 1. The van der Waals surface area contributed by atoms with E-state index in [0.29, 0.717) is 6.54 Å². The molecular weight excluding hydrogens is 545 g/mol. The Kier molecular flexibility index (Phi) is 8.01. The molecule has 0 saturated carbocycles. The number of rotatable bonds is 9. The molecule has 0 saturated heterocycles. The maximum Gasteiger partial charge on any atom is 0.258 e. The summed E-state index contributed by atoms with van der Waals surface area (Å²) < 4.78 is 0. The standard InChI is InChI=1S/C36H42BN3O2Si/c1-5-25(19-20-36(2,3)43(42,26-13-8-6-9-14-26)27-15-10-7-11-16-27)38-35(41)24-21-29-28-17-12-18-31-33(28)30(34(37)39-31)22-32(29)40(4)23-24/h6-18,21,24-25,32,39,42H,5,19-20,22-23H2,1-4H3,(H,38,41)/t24-,25+,32-/m1/s1. The van der Waals surface area contributed by atoms with Crippen LogP contribution >= 0.6 is 0 Å². The van der Waals surface area contributed by atoms with E-state index in [-0.39, 0.29) is 28.9 Å². The van der Waals surface area contributed by atoms with Gasteiger partial charge in [0.15, 0.2) is 0 Å². The van der Waals surface area contributed by atoms with E-state index in [1.807, 2.05) is 36.4 Å². The summed E-state index contributed by atoms with van der Waals surface area (Å²) in [5.74, 6) is -0.154. The third-order valence-corrected chi connectivity index (χ3v) is 14.6. The lowest BCUT2D eigenvalue weighted by atomic mass is 9.77. The predicted molar refractivity (Wildman–Crippen MR) is 181 cm³/mol. The van der Waals surface area contributed by atoms with Gasteiger partial charge in [-0.2, -0.15) is 0 Å². The summed E-state index contributed by atoms with van der Waals surface area (Å²) in [5, 5.41) is 6.28. The van der Waals surface area contributed by atoms with Gasteiger partial charge >= 0.3 is 0 Å². The van der Waals surface area contributed by atoms with E-state index >= 15 is 0 Å². The monoisotopic (exact) mass is 587 g/mol. The van der Waals surface area contributed by atoms with Crippen LogP contribution in [0.3, 0.4) is 0 Å². The number of carbonyl (C=O) groups is 1. The third-order valence-electron chi connectivity index (χ3n) is 10.1. The Morgan fingerprint density at radius 2 is 1.72 bits per heavy atom. The molecule has 2 heterocycles. The van der Waals surface area contributed by atoms with Gasteiger partial charge in [-0.3, -0.25) is 9.69 Å². The van der Waals surface area contributed by atoms with Crippen LogP contribution in [0.1, 0.15) is 51.2 Å². The fourth-order valence-corrected chi connectivity index (χ4v) is 11.2. The number of hydrogen-bond donors (Lipinski definition) is 3. The molecule has 0 spiro atoms. The molecule has 43 heavy (non-hydrogen) atoms. The highest BCUT2D eigenvalue weighted by molar-refractivity contribution is 6.98. The molecule has 3 atom stereocenters. The van der Waals surface area contributed by atoms with Crippen molar-refractivity contribution in [2.24, 2.45) is 5.92 Å². The summed E-state index contributed by atoms with van der Waals surface area (Å²) in [6, 6.07) is 26.9. The maximum atomic E-state index is 13.8. The van der Waals surface area contributed by atoms with Gasteiger partial charge in [0, 0.05) is 29.5 Å². The highest BCUT2D eigenvalue weighted by atomic mass is 28.4. The summed E-state index contributed by atoms with van der Waals surface area (Å²) in [6.45, 7) is 7.20. The van der Waals surface area contributed by atoms with Crippen LogP contribution in [-0.4, -0.2) is 62.4 Å². The van der Waals surface area contributed by atoms with E-state index in [4.69, 9.17) is 7.85 Å². The highest BCUT2D eigenvalue weighted by Crippen LogP contribution is 2.42. The first-order valence-electron chi connectivity index (χ1n) is 15.6. The van der Waals surface area contributed by atoms with Crippen molar-refractivity contribution in [3.8, 4) is 0 Å². The minimum atomic E-state index is -3.10. The summed E-state index contributed by atoms with van der Waals surface area (Å²) in [4.78, 5) is 32.0. The molecule has 3 N–H and O–H groups in total. The van der Waals surface area contributed by atoms with Gasteiger partial charge < -0.3 is 15.1 Å². The molecule has 2 aliphatic rings. The smallest absolute Gasteiger partial charge is 0.258 e. The third kappa shape index (κ3) is 5.22. The van der Waals surface area contributed by atoms with Crippen molar-refractivity contribution in [3.63, 3.8) is 0 Å². The summed E-state index contributed by atoms with van der Waals surface area (Å²) in [6.07, 6.45) is 5.49. The Balaban J connectivity index is 1.21. The number of H-pyrrole nitrogens is 1. The maximum absolute atomic E-state index is 13.8. The van der Waals surface area contributed by atoms with Gasteiger partial charge in [0.25, 0.3) is 8.32 Å². The van der Waals surface area contributed by atoms with E-state index in [1.54, 1.807) is 0 Å². The molecule has 0 unspecified atom stereocenters. The van der Waals surface area contributed by atoms with Crippen LogP contribution in [0.15, 0.2) is 84.9 Å². The fraction of sp³-hybridized carbons (Fsp3) is 0.361. The zero-order valence-corrected chi connectivity index (χ0v) is 26.7. The zero-order valence-electron chi connectivity index (χ0n) is 25.7. The van der Waals surface area contributed by atoms with Gasteiger partial charge in [-0.25, -0.2) is 0 Å². The van der Waals surface area contributed by atoms with Crippen molar-refractivity contribution >= 4 is 54.5 Å². The van der Waals surface area contributed by atoms with Gasteiger partial charge in [0.2, 0.25) is 5.91 Å². The van der Waals surface area contributed by atoms with E-state index in [9.17, 15) is 9.59 Å². The van der Waals surface area contributed by atoms with Crippen LogP contribution in [0.5, 0.6) is 0 Å². The van der Waals surface area contributed by atoms with E-state index in [1.165, 1.54) is 22.1 Å². The molecule has 3 aromatic carbocycles. The zero-order chi connectivity index (χ0) is 30.4. The molecule has 1 amide bonds. The van der Waals surface area contributed by atoms with Crippen molar-refractivity contribution < 1.29 is 9.59 Å². The Bertz CT molecular complexity index is 1610. The molecule has 5 nitrogen and oxygen atoms in total. The molecule has 4 aromatic rings. The lowest BCUT2D eigenvalue weighted by Crippen LogP contribution is -2.65. The fourth-order valence-electron chi connectivity index (χ4n) is 7.44. The average molecular weight is 588 g/mol. The summed E-state index contributed by atoms with van der Waals surface area (Å²) in [7, 11) is 5.38. The Labute approximate surface area is 257 Å². The van der Waals surface area contributed by atoms with E-state index in [0.717, 1.165) is 47.2 Å². The number of benzene rings is 3. The van der Waals surface area contributed by atoms with Crippen LogP contribution in [0.4, 0.5) is 0 Å². The van der Waals surface area contributed by atoms with Crippen LogP contribution in [0.2, 0.25) is 5.04 Å². The molecule has 1 aliphatic carbocycles. The highest BCUT2D eigenvalue weighted by Gasteiger charge is 2.49. The number of hydrogen-bond acceptors (Lipinski definition) is 3. The average Bonchev–Trinajstić information content (AvgIpc) is 3.35. The van der Waals surface area contributed by atoms with Crippen molar-refractivity contribution in [3.05, 3.63) is 96.1 Å². The second-order valence-corrected chi connectivity index (χ2v) is 17.0. The van der Waals surface area contributed by atoms with Crippen molar-refractivity contribution in [1.29, 1.82) is 0 Å². The number of aromatic nitrogens is 1. The minimum absolute atomic E-state index is 0.0314.